The molecular formula is C24H40O4. The van der Waals surface area contributed by atoms with Gasteiger partial charge in [-0.3, -0.25) is 0 Å². The highest BCUT2D eigenvalue weighted by Crippen LogP contribution is 2.75. The molecule has 5 aliphatic carbocycles. The SMILES string of the molecule is C[C@]12CC[C@H]3[C@@H](CC[C@]4(O)C[C@@H](O)CC[C@]34C)[C@@H]1[C@@H]1CC[C@@H]1[C@]2(O)CCCO. The lowest BCUT2D eigenvalue weighted by Crippen LogP contribution is -2.64. The lowest BCUT2D eigenvalue weighted by atomic mass is 9.42. The third kappa shape index (κ3) is 2.22. The van der Waals surface area contributed by atoms with Crippen LogP contribution in [0.3, 0.4) is 0 Å². The van der Waals surface area contributed by atoms with E-state index in [2.05, 4.69) is 13.8 Å². The van der Waals surface area contributed by atoms with E-state index in [4.69, 9.17) is 0 Å². The van der Waals surface area contributed by atoms with Crippen LogP contribution in [0.1, 0.15) is 84.5 Å². The lowest BCUT2D eigenvalue weighted by molar-refractivity contribution is -0.229. The minimum atomic E-state index is -0.718. The van der Waals surface area contributed by atoms with Crippen LogP contribution >= 0.6 is 0 Å². The molecule has 5 fully saturated rings. The summed E-state index contributed by atoms with van der Waals surface area (Å²) < 4.78 is 0. The fraction of sp³-hybridized carbons (Fsp3) is 1.00. The Labute approximate surface area is 169 Å². The van der Waals surface area contributed by atoms with Gasteiger partial charge in [-0.15, -0.1) is 0 Å². The summed E-state index contributed by atoms with van der Waals surface area (Å²) in [5.74, 6) is 2.70. The minimum absolute atomic E-state index is 0.0465. The molecule has 4 nitrogen and oxygen atoms in total. The number of hydrogen-bond acceptors (Lipinski definition) is 4. The van der Waals surface area contributed by atoms with Crippen LogP contribution in [0.25, 0.3) is 0 Å². The molecule has 0 bridgehead atoms. The fourth-order valence-electron chi connectivity index (χ4n) is 9.57. The van der Waals surface area contributed by atoms with E-state index in [1.165, 1.54) is 6.42 Å². The topological polar surface area (TPSA) is 80.9 Å². The molecule has 0 spiro atoms. The summed E-state index contributed by atoms with van der Waals surface area (Å²) in [5, 5.41) is 43.2. The van der Waals surface area contributed by atoms with Gasteiger partial charge in [0.15, 0.2) is 0 Å². The Kier molecular flexibility index (Phi) is 4.37. The first kappa shape index (κ1) is 19.8. The van der Waals surface area contributed by atoms with E-state index >= 15 is 0 Å². The zero-order valence-corrected chi connectivity index (χ0v) is 17.7. The smallest absolute Gasteiger partial charge is 0.0735 e. The molecule has 5 rings (SSSR count). The quantitative estimate of drug-likeness (QED) is 0.594. The number of aliphatic hydroxyl groups is 4. The van der Waals surface area contributed by atoms with E-state index < -0.39 is 11.2 Å². The van der Waals surface area contributed by atoms with Gasteiger partial charge in [0.25, 0.3) is 0 Å². The maximum Gasteiger partial charge on any atom is 0.0735 e. The van der Waals surface area contributed by atoms with Gasteiger partial charge in [0.1, 0.15) is 0 Å². The van der Waals surface area contributed by atoms with E-state index in [9.17, 15) is 20.4 Å². The summed E-state index contributed by atoms with van der Waals surface area (Å²) in [6.45, 7) is 4.83. The van der Waals surface area contributed by atoms with Crippen molar-refractivity contribution in [3.63, 3.8) is 0 Å². The van der Waals surface area contributed by atoms with E-state index in [1.54, 1.807) is 0 Å². The molecule has 0 aromatic carbocycles. The highest BCUT2D eigenvalue weighted by atomic mass is 16.3. The van der Waals surface area contributed by atoms with Crippen LogP contribution in [0.15, 0.2) is 0 Å². The zero-order chi connectivity index (χ0) is 19.9. The van der Waals surface area contributed by atoms with Gasteiger partial charge < -0.3 is 20.4 Å². The Balaban J connectivity index is 1.49. The van der Waals surface area contributed by atoms with Crippen LogP contribution in [-0.2, 0) is 0 Å². The Morgan fingerprint density at radius 2 is 1.54 bits per heavy atom. The number of aliphatic hydroxyl groups excluding tert-OH is 2. The third-order valence-electron chi connectivity index (χ3n) is 11.1. The van der Waals surface area contributed by atoms with E-state index in [0.29, 0.717) is 42.4 Å². The summed E-state index contributed by atoms with van der Waals surface area (Å²) in [6, 6.07) is 0. The Morgan fingerprint density at radius 1 is 0.821 bits per heavy atom. The summed E-state index contributed by atoms with van der Waals surface area (Å²) in [6.07, 6.45) is 9.75. The van der Waals surface area contributed by atoms with Crippen molar-refractivity contribution < 1.29 is 20.4 Å². The number of hydrogen-bond donors (Lipinski definition) is 4. The molecule has 5 saturated carbocycles. The van der Waals surface area contributed by atoms with Crippen molar-refractivity contribution in [1.82, 2.24) is 0 Å². The number of fused-ring (bicyclic) bond motifs is 7. The summed E-state index contributed by atoms with van der Waals surface area (Å²) in [5.41, 5.74) is -1.48. The molecule has 10 atom stereocenters. The minimum Gasteiger partial charge on any atom is -0.396 e. The van der Waals surface area contributed by atoms with E-state index in [1.807, 2.05) is 0 Å². The lowest BCUT2D eigenvalue weighted by Gasteiger charge is -2.64. The van der Waals surface area contributed by atoms with Crippen molar-refractivity contribution in [2.75, 3.05) is 6.61 Å². The van der Waals surface area contributed by atoms with Gasteiger partial charge in [0.05, 0.1) is 17.3 Å². The van der Waals surface area contributed by atoms with Gasteiger partial charge in [-0.1, -0.05) is 13.8 Å². The van der Waals surface area contributed by atoms with Gasteiger partial charge in [0.2, 0.25) is 0 Å². The highest BCUT2D eigenvalue weighted by Gasteiger charge is 2.73. The van der Waals surface area contributed by atoms with Crippen molar-refractivity contribution in [1.29, 1.82) is 0 Å². The van der Waals surface area contributed by atoms with Gasteiger partial charge in [-0.05, 0) is 105 Å². The second-order valence-electron chi connectivity index (χ2n) is 11.7. The third-order valence-corrected chi connectivity index (χ3v) is 11.1. The maximum absolute atomic E-state index is 11.9. The molecule has 0 aliphatic heterocycles. The van der Waals surface area contributed by atoms with Gasteiger partial charge >= 0.3 is 0 Å². The normalized spacial score (nSPS) is 60.2. The monoisotopic (exact) mass is 392 g/mol. The van der Waals surface area contributed by atoms with Gasteiger partial charge in [-0.2, -0.15) is 0 Å². The van der Waals surface area contributed by atoms with E-state index in [-0.39, 0.29) is 23.5 Å². The fourth-order valence-corrected chi connectivity index (χ4v) is 9.57. The summed E-state index contributed by atoms with van der Waals surface area (Å²) in [4.78, 5) is 0. The Morgan fingerprint density at radius 3 is 2.21 bits per heavy atom. The average molecular weight is 393 g/mol. The highest BCUT2D eigenvalue weighted by molar-refractivity contribution is 5.22. The zero-order valence-electron chi connectivity index (χ0n) is 17.7. The average Bonchev–Trinajstić information content (AvgIpc) is 2.74. The first-order chi connectivity index (χ1) is 13.2. The maximum atomic E-state index is 11.9. The van der Waals surface area contributed by atoms with Crippen LogP contribution in [0.2, 0.25) is 0 Å². The molecular weight excluding hydrogens is 352 g/mol. The predicted octanol–water partition coefficient (Wildman–Crippen LogP) is 3.25. The van der Waals surface area contributed by atoms with Crippen molar-refractivity contribution in [3.05, 3.63) is 0 Å². The molecule has 5 aliphatic rings. The van der Waals surface area contributed by atoms with Crippen LogP contribution < -0.4 is 0 Å². The van der Waals surface area contributed by atoms with Crippen LogP contribution in [0.5, 0.6) is 0 Å². The molecule has 0 unspecified atom stereocenters. The molecule has 28 heavy (non-hydrogen) atoms. The van der Waals surface area contributed by atoms with Crippen molar-refractivity contribution in [2.24, 2.45) is 40.4 Å². The molecule has 0 aromatic rings. The predicted molar refractivity (Wildman–Crippen MR) is 107 cm³/mol. The second-order valence-corrected chi connectivity index (χ2v) is 11.7. The first-order valence-electron chi connectivity index (χ1n) is 11.9. The summed E-state index contributed by atoms with van der Waals surface area (Å²) >= 11 is 0. The molecule has 0 heterocycles. The van der Waals surface area contributed by atoms with Crippen LogP contribution in [-0.4, -0.2) is 44.3 Å². The van der Waals surface area contributed by atoms with Crippen LogP contribution in [0.4, 0.5) is 0 Å². The van der Waals surface area contributed by atoms with Gasteiger partial charge in [0, 0.05) is 13.0 Å². The molecule has 0 aromatic heterocycles. The van der Waals surface area contributed by atoms with Gasteiger partial charge in [-0.25, -0.2) is 0 Å². The first-order valence-corrected chi connectivity index (χ1v) is 11.9. The molecule has 160 valence electrons. The second kappa shape index (κ2) is 6.18. The van der Waals surface area contributed by atoms with E-state index in [0.717, 1.165) is 51.4 Å². The number of rotatable bonds is 3. The molecule has 4 heteroatoms. The van der Waals surface area contributed by atoms with Crippen molar-refractivity contribution in [3.8, 4) is 0 Å². The van der Waals surface area contributed by atoms with Crippen molar-refractivity contribution in [2.45, 2.75) is 102 Å². The molecule has 0 radical (unpaired) electrons. The molecule has 0 amide bonds. The Bertz CT molecular complexity index is 638. The Hall–Kier alpha value is -0.160. The van der Waals surface area contributed by atoms with Crippen molar-refractivity contribution >= 4 is 0 Å². The summed E-state index contributed by atoms with van der Waals surface area (Å²) in [7, 11) is 0. The largest absolute Gasteiger partial charge is 0.396 e. The van der Waals surface area contributed by atoms with Crippen LogP contribution in [0, 0.1) is 40.4 Å². The standard InChI is InChI=1S/C24H40O4/c1-21-10-6-15(26)14-23(21,27)12-7-17-18(21)8-11-22(2)20(17)16-4-5-19(16)24(22,28)9-3-13-25/h15-20,25-28H,3-14H2,1-2H3/t15-,16+,17+,18-,19-,20-,21+,22-,23-,24+/m0/s1. The molecule has 0 saturated heterocycles. The molecule has 4 N–H and O–H groups in total.